The van der Waals surface area contributed by atoms with E-state index in [1.54, 1.807) is 12.1 Å². The van der Waals surface area contributed by atoms with Crippen LogP contribution in [0.5, 0.6) is 0 Å². The van der Waals surface area contributed by atoms with Crippen molar-refractivity contribution in [2.45, 2.75) is 0 Å². The van der Waals surface area contributed by atoms with Gasteiger partial charge >= 0.3 is 5.97 Å². The maximum atomic E-state index is 13.5. The quantitative estimate of drug-likeness (QED) is 0.790. The number of carboxylic acid groups (broad SMARTS) is 1. The molecule has 2 rings (SSSR count). The number of halogens is 1. The Kier molecular flexibility index (Phi) is 4.50. The standard InChI is InChI=1S/C15H13FN2O3/c16-11-7-4-8-12(14(11)15(20)21)18-13(19)9-17-10-5-2-1-3-6-10/h1-8,17H,9H2,(H,18,19)(H,20,21). The summed E-state index contributed by atoms with van der Waals surface area (Å²) in [7, 11) is 0. The minimum Gasteiger partial charge on any atom is -0.478 e. The van der Waals surface area contributed by atoms with Crippen molar-refractivity contribution in [3.05, 3.63) is 59.9 Å². The van der Waals surface area contributed by atoms with Gasteiger partial charge in [-0.05, 0) is 24.3 Å². The number of nitrogens with one attached hydrogen (secondary N) is 2. The third-order valence-corrected chi connectivity index (χ3v) is 2.73. The van der Waals surface area contributed by atoms with Crippen molar-refractivity contribution >= 4 is 23.3 Å². The van der Waals surface area contributed by atoms with Crippen LogP contribution in [0.4, 0.5) is 15.8 Å². The number of rotatable bonds is 5. The Morgan fingerprint density at radius 2 is 1.76 bits per heavy atom. The van der Waals surface area contributed by atoms with Crippen LogP contribution in [0.2, 0.25) is 0 Å². The van der Waals surface area contributed by atoms with Gasteiger partial charge in [-0.2, -0.15) is 0 Å². The summed E-state index contributed by atoms with van der Waals surface area (Å²) in [4.78, 5) is 22.8. The van der Waals surface area contributed by atoms with E-state index in [0.29, 0.717) is 0 Å². The van der Waals surface area contributed by atoms with Crippen molar-refractivity contribution < 1.29 is 19.1 Å². The molecule has 0 aliphatic rings. The summed E-state index contributed by atoms with van der Waals surface area (Å²) < 4.78 is 13.5. The maximum Gasteiger partial charge on any atom is 0.340 e. The first-order chi connectivity index (χ1) is 10.1. The van der Waals surface area contributed by atoms with Crippen LogP contribution in [-0.4, -0.2) is 23.5 Å². The predicted octanol–water partition coefficient (Wildman–Crippen LogP) is 2.57. The first-order valence-corrected chi connectivity index (χ1v) is 6.18. The molecule has 0 spiro atoms. The predicted molar refractivity (Wildman–Crippen MR) is 76.9 cm³/mol. The van der Waals surface area contributed by atoms with Crippen molar-refractivity contribution in [1.82, 2.24) is 0 Å². The Morgan fingerprint density at radius 3 is 2.43 bits per heavy atom. The number of para-hydroxylation sites is 1. The van der Waals surface area contributed by atoms with Gasteiger partial charge in [-0.15, -0.1) is 0 Å². The molecule has 1 amide bonds. The second-order valence-electron chi connectivity index (χ2n) is 4.24. The van der Waals surface area contributed by atoms with E-state index in [1.165, 1.54) is 12.1 Å². The Hall–Kier alpha value is -2.89. The zero-order valence-electron chi connectivity index (χ0n) is 11.0. The molecule has 6 heteroatoms. The summed E-state index contributed by atoms with van der Waals surface area (Å²) in [5.74, 6) is -2.79. The van der Waals surface area contributed by atoms with Crippen LogP contribution in [0.3, 0.4) is 0 Å². The van der Waals surface area contributed by atoms with Crippen molar-refractivity contribution in [3.8, 4) is 0 Å². The van der Waals surface area contributed by atoms with Crippen LogP contribution >= 0.6 is 0 Å². The van der Waals surface area contributed by atoms with Gasteiger partial charge in [0, 0.05) is 5.69 Å². The maximum absolute atomic E-state index is 13.5. The van der Waals surface area contributed by atoms with Gasteiger partial charge in [-0.25, -0.2) is 9.18 Å². The number of carbonyl (C=O) groups excluding carboxylic acids is 1. The average molecular weight is 288 g/mol. The molecule has 0 radical (unpaired) electrons. The van der Waals surface area contributed by atoms with E-state index in [-0.39, 0.29) is 12.2 Å². The summed E-state index contributed by atoms with van der Waals surface area (Å²) >= 11 is 0. The average Bonchev–Trinajstić information content (AvgIpc) is 2.46. The number of amides is 1. The molecule has 0 atom stereocenters. The van der Waals surface area contributed by atoms with E-state index in [1.807, 2.05) is 18.2 Å². The Balaban J connectivity index is 2.03. The molecule has 108 valence electrons. The first-order valence-electron chi connectivity index (χ1n) is 6.18. The Bertz CT molecular complexity index is 659. The van der Waals surface area contributed by atoms with Gasteiger partial charge in [-0.1, -0.05) is 24.3 Å². The molecule has 2 aromatic rings. The molecule has 0 saturated heterocycles. The molecule has 0 aliphatic carbocycles. The van der Waals surface area contributed by atoms with Gasteiger partial charge in [0.15, 0.2) is 0 Å². The second-order valence-corrected chi connectivity index (χ2v) is 4.24. The second kappa shape index (κ2) is 6.51. The molecule has 0 aliphatic heterocycles. The molecule has 21 heavy (non-hydrogen) atoms. The summed E-state index contributed by atoms with van der Waals surface area (Å²) in [6.45, 7) is -0.0560. The third-order valence-electron chi connectivity index (χ3n) is 2.73. The van der Waals surface area contributed by atoms with Crippen LogP contribution in [0.1, 0.15) is 10.4 Å². The van der Waals surface area contributed by atoms with Gasteiger partial charge in [0.25, 0.3) is 0 Å². The van der Waals surface area contributed by atoms with E-state index in [2.05, 4.69) is 10.6 Å². The van der Waals surface area contributed by atoms with Gasteiger partial charge in [0.05, 0.1) is 12.2 Å². The molecule has 2 aromatic carbocycles. The van der Waals surface area contributed by atoms with Crippen LogP contribution in [0.15, 0.2) is 48.5 Å². The lowest BCUT2D eigenvalue weighted by Gasteiger charge is -2.10. The Morgan fingerprint density at radius 1 is 1.05 bits per heavy atom. The zero-order valence-corrected chi connectivity index (χ0v) is 11.0. The third kappa shape index (κ3) is 3.79. The number of anilines is 2. The minimum atomic E-state index is -1.43. The van der Waals surface area contributed by atoms with E-state index in [4.69, 9.17) is 5.11 Å². The van der Waals surface area contributed by atoms with Crippen LogP contribution < -0.4 is 10.6 Å². The fraction of sp³-hybridized carbons (Fsp3) is 0.0667. The topological polar surface area (TPSA) is 78.4 Å². The normalized spacial score (nSPS) is 9.95. The summed E-state index contributed by atoms with van der Waals surface area (Å²) in [6.07, 6.45) is 0. The lowest BCUT2D eigenvalue weighted by Crippen LogP contribution is -2.23. The van der Waals surface area contributed by atoms with Crippen molar-refractivity contribution in [3.63, 3.8) is 0 Å². The minimum absolute atomic E-state index is 0.0560. The summed E-state index contributed by atoms with van der Waals surface area (Å²) in [5, 5.41) is 14.2. The number of carbonyl (C=O) groups is 2. The number of aromatic carboxylic acids is 1. The fourth-order valence-corrected chi connectivity index (χ4v) is 1.78. The van der Waals surface area contributed by atoms with Gasteiger partial charge in [0.2, 0.25) is 5.91 Å². The number of hydrogen-bond acceptors (Lipinski definition) is 3. The number of carboxylic acids is 1. The number of hydrogen-bond donors (Lipinski definition) is 3. The van der Waals surface area contributed by atoms with Crippen molar-refractivity contribution in [1.29, 1.82) is 0 Å². The lowest BCUT2D eigenvalue weighted by molar-refractivity contribution is -0.114. The largest absolute Gasteiger partial charge is 0.478 e. The van der Waals surface area contributed by atoms with Crippen LogP contribution in [-0.2, 0) is 4.79 Å². The van der Waals surface area contributed by atoms with Gasteiger partial charge < -0.3 is 15.7 Å². The highest BCUT2D eigenvalue weighted by Gasteiger charge is 2.17. The summed E-state index contributed by atoms with van der Waals surface area (Å²) in [5.41, 5.74) is 0.137. The van der Waals surface area contributed by atoms with E-state index < -0.39 is 23.3 Å². The van der Waals surface area contributed by atoms with Crippen LogP contribution in [0.25, 0.3) is 0 Å². The van der Waals surface area contributed by atoms with Crippen molar-refractivity contribution in [2.24, 2.45) is 0 Å². The molecular weight excluding hydrogens is 275 g/mol. The molecule has 0 aromatic heterocycles. The highest BCUT2D eigenvalue weighted by molar-refractivity contribution is 6.01. The SMILES string of the molecule is O=C(CNc1ccccc1)Nc1cccc(F)c1C(=O)O. The van der Waals surface area contributed by atoms with E-state index in [9.17, 15) is 14.0 Å². The molecule has 5 nitrogen and oxygen atoms in total. The Labute approximate surface area is 120 Å². The van der Waals surface area contributed by atoms with Crippen molar-refractivity contribution in [2.75, 3.05) is 17.2 Å². The molecular formula is C15H13FN2O3. The lowest BCUT2D eigenvalue weighted by atomic mass is 10.1. The molecule has 0 bridgehead atoms. The molecule has 3 N–H and O–H groups in total. The first kappa shape index (κ1) is 14.5. The summed E-state index contributed by atoms with van der Waals surface area (Å²) in [6, 6.07) is 12.8. The molecule has 0 unspecified atom stereocenters. The monoisotopic (exact) mass is 288 g/mol. The van der Waals surface area contributed by atoms with E-state index in [0.717, 1.165) is 11.8 Å². The van der Waals surface area contributed by atoms with Gasteiger partial charge in [0.1, 0.15) is 11.4 Å². The molecule has 0 fully saturated rings. The fourth-order valence-electron chi connectivity index (χ4n) is 1.78. The molecule has 0 heterocycles. The van der Waals surface area contributed by atoms with Crippen LogP contribution in [0, 0.1) is 5.82 Å². The zero-order chi connectivity index (χ0) is 15.2. The van der Waals surface area contributed by atoms with E-state index >= 15 is 0 Å². The smallest absolute Gasteiger partial charge is 0.340 e. The highest BCUT2D eigenvalue weighted by atomic mass is 19.1. The van der Waals surface area contributed by atoms with Gasteiger partial charge in [-0.3, -0.25) is 4.79 Å². The number of benzene rings is 2. The molecule has 0 saturated carbocycles. The highest BCUT2D eigenvalue weighted by Crippen LogP contribution is 2.18.